The molecule has 1 rings (SSSR count). The zero-order chi connectivity index (χ0) is 16.4. The number of hydrogen-bond donors (Lipinski definition) is 2. The third-order valence-corrected chi connectivity index (χ3v) is 4.32. The van der Waals surface area contributed by atoms with Crippen molar-refractivity contribution >= 4 is 21.8 Å². The topological polar surface area (TPSA) is 58.6 Å². The molecule has 0 aliphatic heterocycles. The highest BCUT2D eigenvalue weighted by Crippen LogP contribution is 2.32. The lowest BCUT2D eigenvalue weighted by atomic mass is 10.1. The molecular weight excluding hydrogens is 346 g/mol. The molecule has 0 aliphatic rings. The molecule has 1 amide bonds. The van der Waals surface area contributed by atoms with Crippen LogP contribution in [0, 0.1) is 0 Å². The Morgan fingerprint density at radius 1 is 1.23 bits per heavy atom. The van der Waals surface area contributed by atoms with Crippen molar-refractivity contribution in [1.82, 2.24) is 5.32 Å². The number of carbonyl (C=O) groups excluding carboxylic acids is 1. The summed E-state index contributed by atoms with van der Waals surface area (Å²) < 4.78 is 5.83. The first-order chi connectivity index (χ1) is 10.6. The Morgan fingerprint density at radius 3 is 2.59 bits per heavy atom. The van der Waals surface area contributed by atoms with Gasteiger partial charge in [0, 0.05) is 17.4 Å². The average molecular weight is 372 g/mol. The molecule has 0 radical (unpaired) electrons. The van der Waals surface area contributed by atoms with E-state index in [4.69, 9.17) is 4.74 Å². The van der Waals surface area contributed by atoms with Crippen molar-refractivity contribution in [3.63, 3.8) is 0 Å². The summed E-state index contributed by atoms with van der Waals surface area (Å²) in [5.41, 5.74) is 0.881. The third-order valence-electron chi connectivity index (χ3n) is 3.58. The number of aromatic hydroxyl groups is 1. The molecule has 124 valence electrons. The van der Waals surface area contributed by atoms with Gasteiger partial charge < -0.3 is 15.2 Å². The molecule has 0 saturated carbocycles. The van der Waals surface area contributed by atoms with Crippen molar-refractivity contribution in [1.29, 1.82) is 0 Å². The number of nitrogens with one attached hydrogen (secondary N) is 1. The number of unbranched alkanes of at least 4 members (excludes halogenated alkanes) is 5. The monoisotopic (exact) mass is 371 g/mol. The van der Waals surface area contributed by atoms with Crippen molar-refractivity contribution in [2.24, 2.45) is 0 Å². The van der Waals surface area contributed by atoms with Crippen LogP contribution in [-0.4, -0.2) is 18.1 Å². The molecule has 0 aromatic heterocycles. The van der Waals surface area contributed by atoms with Crippen LogP contribution in [0.25, 0.3) is 0 Å². The van der Waals surface area contributed by atoms with Gasteiger partial charge in [0.05, 0.1) is 7.11 Å². The highest BCUT2D eigenvalue weighted by molar-refractivity contribution is 9.10. The zero-order valence-corrected chi connectivity index (χ0v) is 15.0. The van der Waals surface area contributed by atoms with Gasteiger partial charge in [-0.3, -0.25) is 4.79 Å². The summed E-state index contributed by atoms with van der Waals surface area (Å²) in [6.45, 7) is 2.62. The Balaban J connectivity index is 2.32. The van der Waals surface area contributed by atoms with Crippen LogP contribution >= 0.6 is 15.9 Å². The van der Waals surface area contributed by atoms with E-state index in [-0.39, 0.29) is 11.7 Å². The Morgan fingerprint density at radius 2 is 1.91 bits per heavy atom. The molecule has 0 atom stereocenters. The van der Waals surface area contributed by atoms with Gasteiger partial charge in [-0.25, -0.2) is 0 Å². The smallest absolute Gasteiger partial charge is 0.220 e. The van der Waals surface area contributed by atoms with E-state index in [0.29, 0.717) is 18.7 Å². The average Bonchev–Trinajstić information content (AvgIpc) is 2.50. The maximum Gasteiger partial charge on any atom is 0.220 e. The number of halogens is 1. The van der Waals surface area contributed by atoms with Gasteiger partial charge in [0.2, 0.25) is 5.91 Å². The van der Waals surface area contributed by atoms with E-state index in [1.165, 1.54) is 32.8 Å². The highest BCUT2D eigenvalue weighted by atomic mass is 79.9. The second kappa shape index (κ2) is 10.5. The quantitative estimate of drug-likeness (QED) is 0.594. The number of ether oxygens (including phenoxy) is 1. The van der Waals surface area contributed by atoms with Gasteiger partial charge in [-0.1, -0.05) is 55.0 Å². The summed E-state index contributed by atoms with van der Waals surface area (Å²) in [5.74, 6) is 0.550. The molecule has 2 N–H and O–H groups in total. The van der Waals surface area contributed by atoms with Gasteiger partial charge in [0.1, 0.15) is 0 Å². The van der Waals surface area contributed by atoms with E-state index in [9.17, 15) is 9.90 Å². The molecule has 0 heterocycles. The molecule has 0 unspecified atom stereocenters. The molecule has 0 spiro atoms. The molecule has 4 nitrogen and oxygen atoms in total. The van der Waals surface area contributed by atoms with Crippen molar-refractivity contribution in [3.8, 4) is 11.5 Å². The van der Waals surface area contributed by atoms with Crippen LogP contribution in [0.2, 0.25) is 0 Å². The van der Waals surface area contributed by atoms with Gasteiger partial charge >= 0.3 is 0 Å². The van der Waals surface area contributed by atoms with E-state index < -0.39 is 0 Å². The molecular formula is C17H26BrNO3. The van der Waals surface area contributed by atoms with Crippen molar-refractivity contribution in [2.45, 2.75) is 58.4 Å². The molecule has 0 aliphatic carbocycles. The number of amides is 1. The van der Waals surface area contributed by atoms with Crippen LogP contribution in [0.1, 0.15) is 57.4 Å². The molecule has 0 fully saturated rings. The van der Waals surface area contributed by atoms with E-state index in [1.807, 2.05) is 0 Å². The van der Waals surface area contributed by atoms with Gasteiger partial charge in [-0.2, -0.15) is 0 Å². The lowest BCUT2D eigenvalue weighted by molar-refractivity contribution is -0.121. The molecule has 5 heteroatoms. The van der Waals surface area contributed by atoms with Gasteiger partial charge in [-0.05, 0) is 24.1 Å². The SMILES string of the molecule is CCCCCCCCC(=O)NCc1cc(OC)c(O)cc1Br. The van der Waals surface area contributed by atoms with Crippen LogP contribution < -0.4 is 10.1 Å². The zero-order valence-electron chi connectivity index (χ0n) is 13.5. The molecule has 1 aromatic rings. The minimum Gasteiger partial charge on any atom is -0.504 e. The first-order valence-electron chi connectivity index (χ1n) is 7.90. The van der Waals surface area contributed by atoms with E-state index in [0.717, 1.165) is 22.9 Å². The number of rotatable bonds is 10. The van der Waals surface area contributed by atoms with Crippen LogP contribution in [0.5, 0.6) is 11.5 Å². The van der Waals surface area contributed by atoms with Crippen LogP contribution in [0.3, 0.4) is 0 Å². The molecule has 0 saturated heterocycles. The van der Waals surface area contributed by atoms with Crippen molar-refractivity contribution in [2.75, 3.05) is 7.11 Å². The lowest BCUT2D eigenvalue weighted by Gasteiger charge is -2.10. The van der Waals surface area contributed by atoms with Gasteiger partial charge in [0.15, 0.2) is 11.5 Å². The summed E-state index contributed by atoms with van der Waals surface area (Å²) in [6, 6.07) is 3.30. The van der Waals surface area contributed by atoms with Crippen LogP contribution in [0.15, 0.2) is 16.6 Å². The lowest BCUT2D eigenvalue weighted by Crippen LogP contribution is -2.22. The summed E-state index contributed by atoms with van der Waals surface area (Å²) in [4.78, 5) is 11.8. The van der Waals surface area contributed by atoms with E-state index in [2.05, 4.69) is 28.2 Å². The number of benzene rings is 1. The Hall–Kier alpha value is -1.23. The van der Waals surface area contributed by atoms with E-state index in [1.54, 1.807) is 12.1 Å². The Kier molecular flexibility index (Phi) is 8.97. The molecule has 22 heavy (non-hydrogen) atoms. The minimum absolute atomic E-state index is 0.0643. The number of phenols is 1. The van der Waals surface area contributed by atoms with E-state index >= 15 is 0 Å². The standard InChI is InChI=1S/C17H26BrNO3/c1-3-4-5-6-7-8-9-17(21)19-12-13-10-16(22-2)15(20)11-14(13)18/h10-11,20H,3-9,12H2,1-2H3,(H,19,21). The normalized spacial score (nSPS) is 10.5. The van der Waals surface area contributed by atoms with Gasteiger partial charge in [0.25, 0.3) is 0 Å². The summed E-state index contributed by atoms with van der Waals surface area (Å²) in [5, 5.41) is 12.6. The second-order valence-corrected chi connectivity index (χ2v) is 6.26. The summed E-state index contributed by atoms with van der Waals surface area (Å²) in [6.07, 6.45) is 7.62. The Bertz CT molecular complexity index is 477. The fourth-order valence-electron chi connectivity index (χ4n) is 2.23. The maximum absolute atomic E-state index is 11.8. The largest absolute Gasteiger partial charge is 0.504 e. The fourth-order valence-corrected chi connectivity index (χ4v) is 2.70. The van der Waals surface area contributed by atoms with Crippen molar-refractivity contribution in [3.05, 3.63) is 22.2 Å². The van der Waals surface area contributed by atoms with Gasteiger partial charge in [-0.15, -0.1) is 0 Å². The number of methoxy groups -OCH3 is 1. The first-order valence-corrected chi connectivity index (χ1v) is 8.69. The third kappa shape index (κ3) is 6.69. The number of hydrogen-bond acceptors (Lipinski definition) is 3. The van der Waals surface area contributed by atoms with Crippen LogP contribution in [-0.2, 0) is 11.3 Å². The number of phenolic OH excluding ortho intramolecular Hbond substituents is 1. The van der Waals surface area contributed by atoms with Crippen LogP contribution in [0.4, 0.5) is 0 Å². The minimum atomic E-state index is 0.0643. The Labute approximate surface area is 141 Å². The highest BCUT2D eigenvalue weighted by Gasteiger charge is 2.09. The summed E-state index contributed by atoms with van der Waals surface area (Å²) >= 11 is 3.38. The predicted molar refractivity (Wildman–Crippen MR) is 92.2 cm³/mol. The molecule has 1 aromatic carbocycles. The summed E-state index contributed by atoms with van der Waals surface area (Å²) in [7, 11) is 1.50. The predicted octanol–water partition coefficient (Wildman–Crippen LogP) is 4.53. The molecule has 0 bridgehead atoms. The first kappa shape index (κ1) is 18.8. The van der Waals surface area contributed by atoms with Crippen molar-refractivity contribution < 1.29 is 14.6 Å². The number of carbonyl (C=O) groups is 1. The maximum atomic E-state index is 11.8. The fraction of sp³-hybridized carbons (Fsp3) is 0.588. The second-order valence-electron chi connectivity index (χ2n) is 5.41.